The number of carbonyl (C=O) groups excluding carboxylic acids is 1. The van der Waals surface area contributed by atoms with Crippen LogP contribution in [0.1, 0.15) is 57.8 Å². The van der Waals surface area contributed by atoms with Crippen molar-refractivity contribution in [3.63, 3.8) is 0 Å². The van der Waals surface area contributed by atoms with Crippen molar-refractivity contribution in [1.29, 1.82) is 0 Å². The van der Waals surface area contributed by atoms with E-state index in [1.165, 1.54) is 7.11 Å². The molecule has 0 fully saturated rings. The van der Waals surface area contributed by atoms with Gasteiger partial charge in [0.25, 0.3) is 0 Å². The molecule has 0 aliphatic heterocycles. The van der Waals surface area contributed by atoms with Crippen LogP contribution >= 0.6 is 0 Å². The molecule has 0 spiro atoms. The second-order valence-electron chi connectivity index (χ2n) is 4.37. The highest BCUT2D eigenvalue weighted by molar-refractivity contribution is 5.68. The summed E-state index contributed by atoms with van der Waals surface area (Å²) in [7, 11) is 1.41. The Hall–Kier alpha value is -0.640. The van der Waals surface area contributed by atoms with Gasteiger partial charge in [-0.2, -0.15) is 0 Å². The highest BCUT2D eigenvalue weighted by Gasteiger charge is 2.03. The third-order valence-corrected chi connectivity index (χ3v) is 2.82. The molecule has 0 aliphatic rings. The molecule has 0 bridgehead atoms. The van der Waals surface area contributed by atoms with Gasteiger partial charge in [0, 0.05) is 6.42 Å². The minimum Gasteiger partial charge on any atom is -0.469 e. The average Bonchev–Trinajstić information content (AvgIpc) is 2.35. The Morgan fingerprint density at radius 2 is 1.65 bits per heavy atom. The van der Waals surface area contributed by atoms with Gasteiger partial charge in [0.15, 0.2) is 0 Å². The highest BCUT2D eigenvalue weighted by Crippen LogP contribution is 2.11. The molecule has 0 amide bonds. The number of carbonyl (C=O) groups is 1. The molecule has 0 saturated carbocycles. The number of hydrogen-bond acceptors (Lipinski definition) is 3. The van der Waals surface area contributed by atoms with Gasteiger partial charge in [0.05, 0.1) is 13.7 Å². The van der Waals surface area contributed by atoms with Gasteiger partial charge in [-0.05, 0) is 12.8 Å². The summed E-state index contributed by atoms with van der Waals surface area (Å²) < 4.78 is 17.2. The van der Waals surface area contributed by atoms with Crippen LogP contribution in [0.2, 0.25) is 0 Å². The number of ether oxygens (including phenoxy) is 1. The van der Waals surface area contributed by atoms with Crippen LogP contribution in [0.5, 0.6) is 0 Å². The maximum absolute atomic E-state index is 12.6. The lowest BCUT2D eigenvalue weighted by Gasteiger charge is -2.04. The quantitative estimate of drug-likeness (QED) is 0.451. The third kappa shape index (κ3) is 11.6. The molecular weight excluding hydrogens is 223 g/mol. The lowest BCUT2D eigenvalue weighted by Crippen LogP contribution is -2.04. The number of aliphatic hydroxyl groups is 1. The molecule has 1 atom stereocenters. The molecule has 0 saturated heterocycles. The van der Waals surface area contributed by atoms with Crippen LogP contribution in [0.25, 0.3) is 0 Å². The van der Waals surface area contributed by atoms with Gasteiger partial charge in [-0.25, -0.2) is 4.39 Å². The number of esters is 1. The lowest BCUT2D eigenvalue weighted by molar-refractivity contribution is -0.140. The number of aliphatic hydroxyl groups excluding tert-OH is 1. The van der Waals surface area contributed by atoms with Gasteiger partial charge in [-0.15, -0.1) is 0 Å². The van der Waals surface area contributed by atoms with Crippen molar-refractivity contribution in [2.75, 3.05) is 13.7 Å². The van der Waals surface area contributed by atoms with Crippen LogP contribution in [-0.2, 0) is 9.53 Å². The van der Waals surface area contributed by atoms with E-state index in [4.69, 9.17) is 5.11 Å². The second kappa shape index (κ2) is 11.8. The fourth-order valence-corrected chi connectivity index (χ4v) is 1.71. The fraction of sp³-hybridized carbons (Fsp3) is 0.923. The number of halogens is 1. The van der Waals surface area contributed by atoms with Crippen molar-refractivity contribution in [3.8, 4) is 0 Å². The van der Waals surface area contributed by atoms with Crippen LogP contribution in [0, 0.1) is 0 Å². The van der Waals surface area contributed by atoms with Gasteiger partial charge >= 0.3 is 5.97 Å². The van der Waals surface area contributed by atoms with Crippen molar-refractivity contribution in [2.45, 2.75) is 64.0 Å². The molecule has 0 rings (SSSR count). The molecule has 0 aliphatic carbocycles. The zero-order chi connectivity index (χ0) is 12.9. The van der Waals surface area contributed by atoms with E-state index in [0.717, 1.165) is 44.9 Å². The lowest BCUT2D eigenvalue weighted by atomic mass is 10.1. The zero-order valence-electron chi connectivity index (χ0n) is 10.8. The first-order valence-electron chi connectivity index (χ1n) is 6.52. The topological polar surface area (TPSA) is 46.5 Å². The van der Waals surface area contributed by atoms with E-state index >= 15 is 0 Å². The van der Waals surface area contributed by atoms with Crippen LogP contribution in [0.4, 0.5) is 4.39 Å². The van der Waals surface area contributed by atoms with Gasteiger partial charge < -0.3 is 9.84 Å². The molecule has 0 heterocycles. The van der Waals surface area contributed by atoms with Crippen molar-refractivity contribution in [1.82, 2.24) is 0 Å². The summed E-state index contributed by atoms with van der Waals surface area (Å²) in [4.78, 5) is 10.8. The molecule has 0 radical (unpaired) electrons. The minimum atomic E-state index is -1.05. The number of unbranched alkanes of at least 4 members (excludes halogenated alkanes) is 6. The smallest absolute Gasteiger partial charge is 0.305 e. The largest absolute Gasteiger partial charge is 0.469 e. The number of alkyl halides is 1. The number of methoxy groups -OCH3 is 1. The number of rotatable bonds is 11. The summed E-state index contributed by atoms with van der Waals surface area (Å²) in [6, 6.07) is 0. The number of hydrogen-bond donors (Lipinski definition) is 1. The Balaban J connectivity index is 3.06. The van der Waals surface area contributed by atoms with Crippen molar-refractivity contribution < 1.29 is 19.0 Å². The van der Waals surface area contributed by atoms with Gasteiger partial charge in [-0.1, -0.05) is 38.5 Å². The molecule has 0 aromatic rings. The van der Waals surface area contributed by atoms with Crippen molar-refractivity contribution >= 4 is 5.97 Å². The first-order valence-corrected chi connectivity index (χ1v) is 6.52. The summed E-state index contributed by atoms with van der Waals surface area (Å²) in [6.07, 6.45) is 7.12. The van der Waals surface area contributed by atoms with Crippen LogP contribution < -0.4 is 0 Å². The summed E-state index contributed by atoms with van der Waals surface area (Å²) >= 11 is 0. The SMILES string of the molecule is COC(=O)CCCCCCCCCC(F)CO. The molecule has 17 heavy (non-hydrogen) atoms. The molecule has 0 aromatic carbocycles. The van der Waals surface area contributed by atoms with E-state index in [-0.39, 0.29) is 12.6 Å². The highest BCUT2D eigenvalue weighted by atomic mass is 19.1. The first-order chi connectivity index (χ1) is 8.20. The predicted molar refractivity (Wildman–Crippen MR) is 65.6 cm³/mol. The van der Waals surface area contributed by atoms with Crippen molar-refractivity contribution in [3.05, 3.63) is 0 Å². The normalized spacial score (nSPS) is 12.4. The van der Waals surface area contributed by atoms with E-state index in [0.29, 0.717) is 12.8 Å². The summed E-state index contributed by atoms with van der Waals surface area (Å²) in [5, 5.41) is 8.49. The van der Waals surface area contributed by atoms with Crippen LogP contribution in [0.15, 0.2) is 0 Å². The van der Waals surface area contributed by atoms with E-state index < -0.39 is 6.17 Å². The Morgan fingerprint density at radius 1 is 1.12 bits per heavy atom. The maximum atomic E-state index is 12.6. The molecule has 1 unspecified atom stereocenters. The van der Waals surface area contributed by atoms with E-state index in [1.54, 1.807) is 0 Å². The van der Waals surface area contributed by atoms with E-state index in [1.807, 2.05) is 0 Å². The summed E-state index contributed by atoms with van der Waals surface area (Å²) in [5.41, 5.74) is 0. The minimum absolute atomic E-state index is 0.136. The Kier molecular flexibility index (Phi) is 11.4. The maximum Gasteiger partial charge on any atom is 0.305 e. The van der Waals surface area contributed by atoms with Gasteiger partial charge in [0.2, 0.25) is 0 Å². The molecule has 4 heteroatoms. The zero-order valence-corrected chi connectivity index (χ0v) is 10.8. The molecule has 3 nitrogen and oxygen atoms in total. The average molecular weight is 248 g/mol. The first kappa shape index (κ1) is 16.4. The predicted octanol–water partition coefficient (Wildman–Crippen LogP) is 3.00. The van der Waals surface area contributed by atoms with Gasteiger partial charge in [-0.3, -0.25) is 4.79 Å². The van der Waals surface area contributed by atoms with Gasteiger partial charge in [0.1, 0.15) is 6.17 Å². The second-order valence-corrected chi connectivity index (χ2v) is 4.37. The third-order valence-electron chi connectivity index (χ3n) is 2.82. The molecule has 102 valence electrons. The Morgan fingerprint density at radius 3 is 2.18 bits per heavy atom. The van der Waals surface area contributed by atoms with E-state index in [9.17, 15) is 9.18 Å². The van der Waals surface area contributed by atoms with Crippen molar-refractivity contribution in [2.24, 2.45) is 0 Å². The monoisotopic (exact) mass is 248 g/mol. The molecular formula is C13H25FO3. The van der Waals surface area contributed by atoms with Crippen LogP contribution in [0.3, 0.4) is 0 Å². The fourth-order valence-electron chi connectivity index (χ4n) is 1.71. The standard InChI is InChI=1S/C13H25FO3/c1-17-13(16)10-8-6-4-2-3-5-7-9-12(14)11-15/h12,15H,2-11H2,1H3. The van der Waals surface area contributed by atoms with Crippen LogP contribution in [-0.4, -0.2) is 31.0 Å². The summed E-state index contributed by atoms with van der Waals surface area (Å²) in [5.74, 6) is -0.136. The van der Waals surface area contributed by atoms with E-state index in [2.05, 4.69) is 4.74 Å². The Labute approximate surface area is 103 Å². The molecule has 0 aromatic heterocycles. The molecule has 1 N–H and O–H groups in total. The summed E-state index contributed by atoms with van der Waals surface area (Å²) in [6.45, 7) is -0.354. The Bertz CT molecular complexity index is 186.